The zero-order valence-electron chi connectivity index (χ0n) is 17.2. The molecule has 30 heavy (non-hydrogen) atoms. The lowest BCUT2D eigenvalue weighted by Crippen LogP contribution is -2.40. The maximum absolute atomic E-state index is 13.0. The average molecular weight is 465 g/mol. The molecule has 0 aliphatic carbocycles. The standard InChI is InChI=1S/C25H25BrN2O2/c1-3-30-25(29)23-15(2)28-12-11-18-20-13-17(26)9-10-21(20)27-24(18)22(28)14-19(23)16-7-5-4-6-8-16/h4-10,13,19,22,27H,3,11-12,14H2,1-2H3/t19-,22-/m0/s1. The van der Waals surface area contributed by atoms with E-state index in [2.05, 4.69) is 63.1 Å². The molecule has 2 aliphatic rings. The Hall–Kier alpha value is -2.53. The topological polar surface area (TPSA) is 45.3 Å². The Morgan fingerprint density at radius 2 is 2.03 bits per heavy atom. The summed E-state index contributed by atoms with van der Waals surface area (Å²) in [4.78, 5) is 19.1. The molecule has 5 rings (SSSR count). The number of aromatic nitrogens is 1. The molecule has 3 heterocycles. The van der Waals surface area contributed by atoms with Crippen molar-refractivity contribution < 1.29 is 9.53 Å². The molecule has 154 valence electrons. The van der Waals surface area contributed by atoms with E-state index < -0.39 is 0 Å². The predicted octanol–water partition coefficient (Wildman–Crippen LogP) is 5.85. The van der Waals surface area contributed by atoms with Gasteiger partial charge >= 0.3 is 5.97 Å². The zero-order valence-corrected chi connectivity index (χ0v) is 18.8. The van der Waals surface area contributed by atoms with Gasteiger partial charge in [0.15, 0.2) is 0 Å². The van der Waals surface area contributed by atoms with E-state index in [1.165, 1.54) is 27.7 Å². The van der Waals surface area contributed by atoms with Crippen LogP contribution >= 0.6 is 15.9 Å². The van der Waals surface area contributed by atoms with Gasteiger partial charge in [-0.05, 0) is 56.0 Å². The van der Waals surface area contributed by atoms with Crippen molar-refractivity contribution in [2.45, 2.75) is 38.6 Å². The van der Waals surface area contributed by atoms with E-state index >= 15 is 0 Å². The molecule has 2 aliphatic heterocycles. The first-order chi connectivity index (χ1) is 14.6. The van der Waals surface area contributed by atoms with E-state index in [0.717, 1.165) is 35.1 Å². The maximum Gasteiger partial charge on any atom is 0.336 e. The first-order valence-electron chi connectivity index (χ1n) is 10.6. The highest BCUT2D eigenvalue weighted by Gasteiger charge is 2.41. The fourth-order valence-electron chi connectivity index (χ4n) is 5.22. The SMILES string of the molecule is CCOC(=O)C1=C(C)N2CCc3c([nH]c4ccc(Br)cc34)[C@@H]2C[C@H]1c1ccccc1. The summed E-state index contributed by atoms with van der Waals surface area (Å²) in [5, 5.41) is 1.30. The Kier molecular flexibility index (Phi) is 4.94. The van der Waals surface area contributed by atoms with Crippen LogP contribution in [0.3, 0.4) is 0 Å². The second-order valence-electron chi connectivity index (χ2n) is 8.08. The second kappa shape index (κ2) is 7.62. The molecule has 0 saturated carbocycles. The number of allylic oxidation sites excluding steroid dienone is 1. The molecule has 0 radical (unpaired) electrons. The van der Waals surface area contributed by atoms with Gasteiger partial charge in [-0.1, -0.05) is 46.3 Å². The number of carbonyl (C=O) groups is 1. The largest absolute Gasteiger partial charge is 0.463 e. The van der Waals surface area contributed by atoms with Crippen molar-refractivity contribution in [1.82, 2.24) is 9.88 Å². The number of fused-ring (bicyclic) bond motifs is 5. The van der Waals surface area contributed by atoms with Crippen LogP contribution in [-0.4, -0.2) is 29.0 Å². The molecular weight excluding hydrogens is 440 g/mol. The minimum atomic E-state index is -0.186. The van der Waals surface area contributed by atoms with Gasteiger partial charge in [-0.2, -0.15) is 0 Å². The first kappa shape index (κ1) is 19.4. The summed E-state index contributed by atoms with van der Waals surface area (Å²) in [5.74, 6) is -0.163. The van der Waals surface area contributed by atoms with Crippen LogP contribution in [-0.2, 0) is 16.0 Å². The van der Waals surface area contributed by atoms with Crippen molar-refractivity contribution in [3.8, 4) is 0 Å². The fourth-order valence-corrected chi connectivity index (χ4v) is 5.58. The van der Waals surface area contributed by atoms with E-state index in [4.69, 9.17) is 4.74 Å². The Balaban J connectivity index is 1.65. The number of hydrogen-bond donors (Lipinski definition) is 1. The number of aromatic amines is 1. The normalized spacial score (nSPS) is 20.8. The van der Waals surface area contributed by atoms with Crippen LogP contribution in [0, 0.1) is 0 Å². The Bertz CT molecular complexity index is 1150. The van der Waals surface area contributed by atoms with Crippen molar-refractivity contribution in [1.29, 1.82) is 0 Å². The quantitative estimate of drug-likeness (QED) is 0.494. The van der Waals surface area contributed by atoms with Crippen LogP contribution in [0.1, 0.15) is 49.0 Å². The number of hydrogen-bond acceptors (Lipinski definition) is 3. The van der Waals surface area contributed by atoms with Gasteiger partial charge in [-0.25, -0.2) is 4.79 Å². The fraction of sp³-hybridized carbons (Fsp3) is 0.320. The number of nitrogens with one attached hydrogen (secondary N) is 1. The van der Waals surface area contributed by atoms with Gasteiger partial charge in [0.05, 0.1) is 18.2 Å². The number of halogens is 1. The highest BCUT2D eigenvalue weighted by Crippen LogP contribution is 2.48. The van der Waals surface area contributed by atoms with Crippen molar-refractivity contribution in [2.24, 2.45) is 0 Å². The molecule has 0 saturated heterocycles. The number of ether oxygens (including phenoxy) is 1. The van der Waals surface area contributed by atoms with Crippen LogP contribution in [0.5, 0.6) is 0 Å². The molecule has 5 heteroatoms. The van der Waals surface area contributed by atoms with Crippen molar-refractivity contribution in [3.05, 3.63) is 81.1 Å². The van der Waals surface area contributed by atoms with Gasteiger partial charge in [-0.15, -0.1) is 0 Å². The van der Waals surface area contributed by atoms with E-state index in [0.29, 0.717) is 6.61 Å². The Morgan fingerprint density at radius 1 is 1.23 bits per heavy atom. The molecule has 0 bridgehead atoms. The Labute approximate surface area is 185 Å². The summed E-state index contributed by atoms with van der Waals surface area (Å²) >= 11 is 3.62. The highest BCUT2D eigenvalue weighted by atomic mass is 79.9. The molecule has 0 amide bonds. The Morgan fingerprint density at radius 3 is 2.80 bits per heavy atom. The summed E-state index contributed by atoms with van der Waals surface area (Å²) in [7, 11) is 0. The third-order valence-electron chi connectivity index (χ3n) is 6.54. The van der Waals surface area contributed by atoms with Crippen LogP contribution in [0.4, 0.5) is 0 Å². The summed E-state index contributed by atoms with van der Waals surface area (Å²) in [6, 6.07) is 17.0. The van der Waals surface area contributed by atoms with Crippen molar-refractivity contribution in [2.75, 3.05) is 13.2 Å². The summed E-state index contributed by atoms with van der Waals surface area (Å²) in [6.07, 6.45) is 1.82. The number of rotatable bonds is 3. The van der Waals surface area contributed by atoms with Crippen molar-refractivity contribution in [3.63, 3.8) is 0 Å². The molecule has 2 aromatic carbocycles. The number of carbonyl (C=O) groups excluding carboxylic acids is 1. The lowest BCUT2D eigenvalue weighted by molar-refractivity contribution is -0.139. The summed E-state index contributed by atoms with van der Waals surface area (Å²) in [5.41, 5.74) is 6.90. The lowest BCUT2D eigenvalue weighted by Gasteiger charge is -2.45. The third-order valence-corrected chi connectivity index (χ3v) is 7.03. The van der Waals surface area contributed by atoms with Crippen LogP contribution in [0.15, 0.2) is 64.3 Å². The van der Waals surface area contributed by atoms with Crippen molar-refractivity contribution >= 4 is 32.8 Å². The van der Waals surface area contributed by atoms with Gasteiger partial charge in [0, 0.05) is 39.2 Å². The predicted molar refractivity (Wildman–Crippen MR) is 122 cm³/mol. The van der Waals surface area contributed by atoms with Gasteiger partial charge < -0.3 is 14.6 Å². The van der Waals surface area contributed by atoms with Crippen LogP contribution in [0.2, 0.25) is 0 Å². The molecule has 0 spiro atoms. The minimum Gasteiger partial charge on any atom is -0.463 e. The summed E-state index contributed by atoms with van der Waals surface area (Å²) in [6.45, 7) is 5.25. The number of H-pyrrole nitrogens is 1. The van der Waals surface area contributed by atoms with Gasteiger partial charge in [-0.3, -0.25) is 0 Å². The minimum absolute atomic E-state index is 0.0237. The maximum atomic E-state index is 13.0. The molecule has 0 fully saturated rings. The van der Waals surface area contributed by atoms with E-state index in [1.807, 2.05) is 25.1 Å². The van der Waals surface area contributed by atoms with E-state index in [9.17, 15) is 4.79 Å². The smallest absolute Gasteiger partial charge is 0.336 e. The number of nitrogens with zero attached hydrogens (tertiary/aromatic N) is 1. The monoisotopic (exact) mass is 464 g/mol. The van der Waals surface area contributed by atoms with E-state index in [-0.39, 0.29) is 17.9 Å². The zero-order chi connectivity index (χ0) is 20.8. The summed E-state index contributed by atoms with van der Waals surface area (Å²) < 4.78 is 6.58. The number of esters is 1. The molecule has 0 unspecified atom stereocenters. The molecule has 1 N–H and O–H groups in total. The molecule has 4 nitrogen and oxygen atoms in total. The highest BCUT2D eigenvalue weighted by molar-refractivity contribution is 9.10. The van der Waals surface area contributed by atoms with Crippen LogP contribution < -0.4 is 0 Å². The van der Waals surface area contributed by atoms with Gasteiger partial charge in [0.25, 0.3) is 0 Å². The number of benzene rings is 2. The molecular formula is C25H25BrN2O2. The second-order valence-corrected chi connectivity index (χ2v) is 9.00. The molecule has 3 aromatic rings. The van der Waals surface area contributed by atoms with Gasteiger partial charge in [0.1, 0.15) is 0 Å². The average Bonchev–Trinajstić information content (AvgIpc) is 3.12. The third kappa shape index (κ3) is 3.07. The van der Waals surface area contributed by atoms with Gasteiger partial charge in [0.2, 0.25) is 0 Å². The van der Waals surface area contributed by atoms with E-state index in [1.54, 1.807) is 0 Å². The van der Waals surface area contributed by atoms with Crippen LogP contribution in [0.25, 0.3) is 10.9 Å². The molecule has 2 atom stereocenters. The first-order valence-corrected chi connectivity index (χ1v) is 11.4. The molecule has 1 aromatic heterocycles. The lowest BCUT2D eigenvalue weighted by atomic mass is 9.78.